The maximum absolute atomic E-state index is 15.8. The van der Waals surface area contributed by atoms with Crippen LogP contribution in [0.5, 0.6) is 11.6 Å². The zero-order valence-electron chi connectivity index (χ0n) is 19.5. The molecule has 182 valence electrons. The minimum Gasteiger partial charge on any atom is -0.437 e. The fraction of sp³-hybridized carbons (Fsp3) is 0.560. The van der Waals surface area contributed by atoms with Crippen molar-refractivity contribution in [1.29, 1.82) is 0 Å². The van der Waals surface area contributed by atoms with Gasteiger partial charge in [-0.15, -0.1) is 0 Å². The number of amides is 1. The van der Waals surface area contributed by atoms with Gasteiger partial charge in [-0.05, 0) is 69.5 Å². The van der Waals surface area contributed by atoms with E-state index in [0.29, 0.717) is 30.6 Å². The topological polar surface area (TPSA) is 70.6 Å². The highest BCUT2D eigenvalue weighted by atomic mass is 19.1. The van der Waals surface area contributed by atoms with Crippen LogP contribution in [0.3, 0.4) is 0 Å². The van der Waals surface area contributed by atoms with Crippen LogP contribution in [0, 0.1) is 11.7 Å². The molecule has 0 saturated carbocycles. The number of hydrogen-bond acceptors (Lipinski definition) is 6. The number of alkyl halides is 1. The Morgan fingerprint density at radius 2 is 1.76 bits per heavy atom. The van der Waals surface area contributed by atoms with Crippen molar-refractivity contribution < 1.29 is 18.3 Å². The van der Waals surface area contributed by atoms with Gasteiger partial charge < -0.3 is 19.9 Å². The van der Waals surface area contributed by atoms with Crippen LogP contribution in [0.15, 0.2) is 36.7 Å². The molecule has 0 aliphatic carbocycles. The van der Waals surface area contributed by atoms with Gasteiger partial charge in [-0.3, -0.25) is 9.78 Å². The van der Waals surface area contributed by atoms with E-state index in [1.165, 1.54) is 30.5 Å². The summed E-state index contributed by atoms with van der Waals surface area (Å²) >= 11 is 0. The Bertz CT molecular complexity index is 1020. The van der Waals surface area contributed by atoms with Crippen molar-refractivity contribution in [2.45, 2.75) is 50.2 Å². The van der Waals surface area contributed by atoms with Gasteiger partial charge in [-0.1, -0.05) is 0 Å². The van der Waals surface area contributed by atoms with E-state index in [1.54, 1.807) is 6.20 Å². The fourth-order valence-corrected chi connectivity index (χ4v) is 5.40. The van der Waals surface area contributed by atoms with Crippen LogP contribution < -0.4 is 15.0 Å². The minimum atomic E-state index is -1.89. The summed E-state index contributed by atoms with van der Waals surface area (Å²) in [5, 5.41) is 3.13. The Kier molecular flexibility index (Phi) is 6.14. The number of rotatable bonds is 5. The molecule has 2 aromatic rings. The monoisotopic (exact) mass is 471 g/mol. The average molecular weight is 472 g/mol. The molecule has 6 rings (SSSR count). The molecular formula is C25H31F2N5O2. The number of nitrogens with zero attached hydrogens (tertiary/aromatic N) is 4. The molecule has 1 amide bonds. The normalized spacial score (nSPS) is 28.3. The van der Waals surface area contributed by atoms with E-state index in [4.69, 9.17) is 4.74 Å². The molecular weight excluding hydrogens is 440 g/mol. The smallest absolute Gasteiger partial charge is 0.258 e. The lowest BCUT2D eigenvalue weighted by atomic mass is 9.78. The van der Waals surface area contributed by atoms with E-state index >= 15 is 4.39 Å². The first kappa shape index (κ1) is 23.0. The largest absolute Gasteiger partial charge is 0.437 e. The lowest BCUT2D eigenvalue weighted by molar-refractivity contribution is -0.137. The van der Waals surface area contributed by atoms with Crippen molar-refractivity contribution in [3.8, 4) is 11.6 Å². The number of hydrogen-bond donors (Lipinski definition) is 1. The van der Waals surface area contributed by atoms with Crippen molar-refractivity contribution in [2.24, 2.45) is 5.92 Å². The molecule has 1 atom stereocenters. The highest BCUT2D eigenvalue weighted by Gasteiger charge is 2.47. The van der Waals surface area contributed by atoms with Crippen molar-refractivity contribution in [3.05, 3.63) is 42.5 Å². The summed E-state index contributed by atoms with van der Waals surface area (Å²) in [5.74, 6) is 0.850. The third-order valence-electron chi connectivity index (χ3n) is 7.76. The summed E-state index contributed by atoms with van der Waals surface area (Å²) < 4.78 is 34.6. The van der Waals surface area contributed by atoms with Gasteiger partial charge in [0, 0.05) is 38.0 Å². The van der Waals surface area contributed by atoms with E-state index in [2.05, 4.69) is 27.1 Å². The van der Waals surface area contributed by atoms with Crippen LogP contribution in [0.2, 0.25) is 0 Å². The van der Waals surface area contributed by atoms with Crippen molar-refractivity contribution in [2.75, 3.05) is 37.6 Å². The Balaban J connectivity index is 1.21. The first-order valence-electron chi connectivity index (χ1n) is 12.1. The molecule has 34 heavy (non-hydrogen) atoms. The number of benzene rings is 1. The quantitative estimate of drug-likeness (QED) is 0.717. The number of ether oxygens (including phenoxy) is 1. The van der Waals surface area contributed by atoms with Gasteiger partial charge in [0.1, 0.15) is 11.6 Å². The number of carbonyl (C=O) groups excluding carboxylic acids is 1. The second-order valence-corrected chi connectivity index (χ2v) is 9.96. The van der Waals surface area contributed by atoms with Crippen molar-refractivity contribution >= 4 is 11.7 Å². The number of piperidine rings is 2. The van der Waals surface area contributed by atoms with Crippen molar-refractivity contribution in [1.82, 2.24) is 20.2 Å². The molecule has 4 aliphatic rings. The standard InChI is InChI=1S/C25H31F2N5O2/c1-24(8-13-31-11-6-18(24)7-12-31)30-23(33)25(27)9-14-32(15-10-25)21-16-28-17-22(29-21)34-20-4-2-19(26)3-5-20/h2-5,16-18H,6-15H2,1H3,(H,30,33). The Hall–Kier alpha value is -2.81. The maximum atomic E-state index is 15.8. The third kappa shape index (κ3) is 4.71. The second kappa shape index (κ2) is 9.09. The van der Waals surface area contributed by atoms with Crippen LogP contribution in [-0.4, -0.2) is 64.7 Å². The summed E-state index contributed by atoms with van der Waals surface area (Å²) in [4.78, 5) is 26.1. The highest BCUT2D eigenvalue weighted by Crippen LogP contribution is 2.37. The average Bonchev–Trinajstić information content (AvgIpc) is 3.09. The first-order chi connectivity index (χ1) is 16.3. The van der Waals surface area contributed by atoms with Crippen LogP contribution in [0.4, 0.5) is 14.6 Å². The predicted molar refractivity (Wildman–Crippen MR) is 124 cm³/mol. The number of aromatic nitrogens is 2. The number of carbonyl (C=O) groups is 1. The van der Waals surface area contributed by atoms with E-state index in [0.717, 1.165) is 38.9 Å². The summed E-state index contributed by atoms with van der Waals surface area (Å²) in [6.07, 6.45) is 6.23. The Morgan fingerprint density at radius 3 is 2.47 bits per heavy atom. The summed E-state index contributed by atoms with van der Waals surface area (Å²) in [6.45, 7) is 5.88. The highest BCUT2D eigenvalue weighted by molar-refractivity contribution is 5.86. The number of fused-ring (bicyclic) bond motifs is 4. The van der Waals surface area contributed by atoms with E-state index < -0.39 is 11.6 Å². The van der Waals surface area contributed by atoms with Gasteiger partial charge >= 0.3 is 0 Å². The Labute approximate surface area is 198 Å². The first-order valence-corrected chi connectivity index (χ1v) is 12.1. The van der Waals surface area contributed by atoms with Crippen LogP contribution in [-0.2, 0) is 4.79 Å². The molecule has 1 unspecified atom stereocenters. The van der Waals surface area contributed by atoms with Crippen LogP contribution in [0.25, 0.3) is 0 Å². The van der Waals surface area contributed by atoms with Gasteiger partial charge in [0.25, 0.3) is 5.91 Å². The van der Waals surface area contributed by atoms with E-state index in [9.17, 15) is 9.18 Å². The number of anilines is 1. The van der Waals surface area contributed by atoms with Crippen LogP contribution in [0.1, 0.15) is 39.0 Å². The van der Waals surface area contributed by atoms with Crippen molar-refractivity contribution in [3.63, 3.8) is 0 Å². The third-order valence-corrected chi connectivity index (χ3v) is 7.76. The molecule has 1 aromatic heterocycles. The number of halogens is 2. The summed E-state index contributed by atoms with van der Waals surface area (Å²) in [6, 6.07) is 5.64. The van der Waals surface area contributed by atoms with Gasteiger partial charge in [0.2, 0.25) is 5.88 Å². The molecule has 1 aromatic carbocycles. The molecule has 0 radical (unpaired) electrons. The lowest BCUT2D eigenvalue weighted by Gasteiger charge is -2.41. The van der Waals surface area contributed by atoms with E-state index in [1.807, 2.05) is 4.90 Å². The number of nitrogens with one attached hydrogen (secondary N) is 1. The van der Waals surface area contributed by atoms with Crippen LogP contribution >= 0.6 is 0 Å². The second-order valence-electron chi connectivity index (χ2n) is 9.96. The molecule has 4 fully saturated rings. The molecule has 2 bridgehead atoms. The fourth-order valence-electron chi connectivity index (χ4n) is 5.40. The zero-order chi connectivity index (χ0) is 23.8. The van der Waals surface area contributed by atoms with Gasteiger partial charge in [0.15, 0.2) is 11.5 Å². The molecule has 7 nitrogen and oxygen atoms in total. The SMILES string of the molecule is CC1(NC(=O)C2(F)CCN(c3cncc(Oc4ccc(F)cc4)n3)CC2)CCN2CCC1CC2. The predicted octanol–water partition coefficient (Wildman–Crippen LogP) is 3.71. The molecule has 9 heteroatoms. The van der Waals surface area contributed by atoms with E-state index in [-0.39, 0.29) is 30.1 Å². The summed E-state index contributed by atoms with van der Waals surface area (Å²) in [7, 11) is 0. The zero-order valence-corrected chi connectivity index (χ0v) is 19.5. The molecule has 4 saturated heterocycles. The van der Waals surface area contributed by atoms with Gasteiger partial charge in [0.05, 0.1) is 12.4 Å². The molecule has 0 spiro atoms. The molecule has 1 N–H and O–H groups in total. The minimum absolute atomic E-state index is 0.0937. The molecule has 4 aliphatic heterocycles. The Morgan fingerprint density at radius 1 is 1.06 bits per heavy atom. The lowest BCUT2D eigenvalue weighted by Crippen LogP contribution is -2.59. The molecule has 5 heterocycles. The van der Waals surface area contributed by atoms with Gasteiger partial charge in [-0.25, -0.2) is 8.78 Å². The summed E-state index contributed by atoms with van der Waals surface area (Å²) in [5.41, 5.74) is -2.24. The van der Waals surface area contributed by atoms with Gasteiger partial charge in [-0.2, -0.15) is 4.98 Å². The maximum Gasteiger partial charge on any atom is 0.258 e.